The fraction of sp³-hybridized carbons (Fsp3) is 0.643. The number of carbonyl (C=O) groups excluding carboxylic acids is 1. The minimum absolute atomic E-state index is 0.000809. The van der Waals surface area contributed by atoms with Crippen molar-refractivity contribution in [2.75, 3.05) is 13.2 Å². The van der Waals surface area contributed by atoms with E-state index in [4.69, 9.17) is 14.0 Å². The van der Waals surface area contributed by atoms with Crippen molar-refractivity contribution in [2.45, 2.75) is 44.4 Å². The Morgan fingerprint density at radius 1 is 1.35 bits per heavy atom. The van der Waals surface area contributed by atoms with E-state index < -0.39 is 0 Å². The number of nitrogens with one attached hydrogen (secondary N) is 1. The van der Waals surface area contributed by atoms with Crippen LogP contribution in [0.5, 0.6) is 0 Å². The molecular formula is C14H20N2O4. The molecule has 2 amide bonds. The number of urea groups is 1. The topological polar surface area (TPSA) is 63.9 Å². The van der Waals surface area contributed by atoms with Crippen molar-refractivity contribution in [2.24, 2.45) is 0 Å². The van der Waals surface area contributed by atoms with Gasteiger partial charge in [0.25, 0.3) is 0 Å². The first-order valence-corrected chi connectivity index (χ1v) is 7.22. The maximum absolute atomic E-state index is 12.2. The lowest BCUT2D eigenvalue weighted by molar-refractivity contribution is -0.187. The van der Waals surface area contributed by atoms with Crippen molar-refractivity contribution in [1.29, 1.82) is 0 Å². The van der Waals surface area contributed by atoms with Gasteiger partial charge in [-0.15, -0.1) is 0 Å². The Morgan fingerprint density at radius 3 is 3.05 bits per heavy atom. The molecule has 3 heterocycles. The fourth-order valence-corrected chi connectivity index (χ4v) is 2.77. The average Bonchev–Trinajstić information content (AvgIpc) is 3.15. The second-order valence-electron chi connectivity index (χ2n) is 5.19. The molecule has 20 heavy (non-hydrogen) atoms. The van der Waals surface area contributed by atoms with E-state index in [-0.39, 0.29) is 18.4 Å². The summed E-state index contributed by atoms with van der Waals surface area (Å²) in [7, 11) is 0. The van der Waals surface area contributed by atoms with Crippen molar-refractivity contribution in [3.05, 3.63) is 24.2 Å². The van der Waals surface area contributed by atoms with Crippen LogP contribution in [-0.2, 0) is 9.57 Å². The van der Waals surface area contributed by atoms with Crippen molar-refractivity contribution < 1.29 is 18.8 Å². The summed E-state index contributed by atoms with van der Waals surface area (Å²) in [5.74, 6) is 0.826. The molecule has 2 aliphatic rings. The molecule has 2 saturated heterocycles. The Bertz CT molecular complexity index is 428. The second-order valence-corrected chi connectivity index (χ2v) is 5.19. The summed E-state index contributed by atoms with van der Waals surface area (Å²) in [6.45, 7) is 1.41. The zero-order valence-electron chi connectivity index (χ0n) is 11.4. The van der Waals surface area contributed by atoms with Crippen molar-refractivity contribution in [1.82, 2.24) is 10.4 Å². The van der Waals surface area contributed by atoms with E-state index in [1.807, 2.05) is 12.1 Å². The summed E-state index contributed by atoms with van der Waals surface area (Å²) >= 11 is 0. The van der Waals surface area contributed by atoms with Gasteiger partial charge in [0.15, 0.2) is 6.29 Å². The molecule has 110 valence electrons. The first-order chi connectivity index (χ1) is 9.84. The number of likely N-dealkylation sites (tertiary alicyclic amines) is 1. The molecule has 2 atom stereocenters. The normalized spacial score (nSPS) is 26.7. The predicted molar refractivity (Wildman–Crippen MR) is 70.6 cm³/mol. The van der Waals surface area contributed by atoms with Gasteiger partial charge in [0.2, 0.25) is 0 Å². The predicted octanol–water partition coefficient (Wildman–Crippen LogP) is 2.58. The summed E-state index contributed by atoms with van der Waals surface area (Å²) in [4.78, 5) is 19.3. The van der Waals surface area contributed by atoms with E-state index in [0.29, 0.717) is 13.2 Å². The number of hydrogen-bond donors (Lipinski definition) is 1. The lowest BCUT2D eigenvalue weighted by Crippen LogP contribution is -2.42. The van der Waals surface area contributed by atoms with Gasteiger partial charge in [0.05, 0.1) is 12.3 Å². The Balaban J connectivity index is 1.53. The molecule has 0 saturated carbocycles. The number of hydroxylamine groups is 1. The highest BCUT2D eigenvalue weighted by Gasteiger charge is 2.32. The molecule has 1 aromatic heterocycles. The summed E-state index contributed by atoms with van der Waals surface area (Å²) in [5.41, 5.74) is 2.51. The minimum atomic E-state index is -0.322. The van der Waals surface area contributed by atoms with Gasteiger partial charge in [-0.05, 0) is 37.8 Å². The van der Waals surface area contributed by atoms with Gasteiger partial charge in [-0.25, -0.2) is 15.1 Å². The van der Waals surface area contributed by atoms with Crippen LogP contribution < -0.4 is 5.48 Å². The average molecular weight is 280 g/mol. The van der Waals surface area contributed by atoms with Gasteiger partial charge in [-0.2, -0.15) is 0 Å². The van der Waals surface area contributed by atoms with Crippen LogP contribution in [-0.4, -0.2) is 30.4 Å². The molecule has 0 aromatic carbocycles. The SMILES string of the molecule is O=C(NO[C@@H]1CCCCO1)N1CCC[C@H]1c1ccco1. The standard InChI is InChI=1S/C14H20N2O4/c17-14(15-20-13-7-1-2-9-19-13)16-8-3-5-11(16)12-6-4-10-18-12/h4,6,10-11,13H,1-3,5,7-9H2,(H,15,17)/t11-,13+/m0/s1. The van der Waals surface area contributed by atoms with Gasteiger partial charge >= 0.3 is 6.03 Å². The maximum Gasteiger partial charge on any atom is 0.342 e. The Morgan fingerprint density at radius 2 is 2.30 bits per heavy atom. The molecule has 0 bridgehead atoms. The van der Waals surface area contributed by atoms with Crippen LogP contribution in [0.25, 0.3) is 0 Å². The quantitative estimate of drug-likeness (QED) is 0.864. The highest BCUT2D eigenvalue weighted by Crippen LogP contribution is 2.32. The third-order valence-electron chi connectivity index (χ3n) is 3.80. The number of carbonyl (C=O) groups is 1. The van der Waals surface area contributed by atoms with Crippen LogP contribution in [0, 0.1) is 0 Å². The van der Waals surface area contributed by atoms with Crippen molar-refractivity contribution in [3.63, 3.8) is 0 Å². The van der Waals surface area contributed by atoms with Crippen LogP contribution in [0.15, 0.2) is 22.8 Å². The molecule has 6 nitrogen and oxygen atoms in total. The Hall–Kier alpha value is -1.53. The van der Waals surface area contributed by atoms with Gasteiger partial charge < -0.3 is 14.1 Å². The maximum atomic E-state index is 12.2. The summed E-state index contributed by atoms with van der Waals surface area (Å²) < 4.78 is 10.8. The molecule has 0 aliphatic carbocycles. The monoisotopic (exact) mass is 280 g/mol. The molecule has 1 N–H and O–H groups in total. The summed E-state index contributed by atoms with van der Waals surface area (Å²) in [6, 6.07) is 3.52. The third kappa shape index (κ3) is 2.96. The van der Waals surface area contributed by atoms with Crippen molar-refractivity contribution in [3.8, 4) is 0 Å². The third-order valence-corrected chi connectivity index (χ3v) is 3.80. The Labute approximate surface area is 118 Å². The molecule has 2 aliphatic heterocycles. The number of furan rings is 1. The molecule has 2 fully saturated rings. The van der Waals surface area contributed by atoms with Crippen LogP contribution in [0.4, 0.5) is 4.79 Å². The largest absolute Gasteiger partial charge is 0.467 e. The second kappa shape index (κ2) is 6.28. The number of amides is 2. The zero-order chi connectivity index (χ0) is 13.8. The molecular weight excluding hydrogens is 260 g/mol. The van der Waals surface area contributed by atoms with Gasteiger partial charge in [0, 0.05) is 19.6 Å². The molecule has 0 radical (unpaired) electrons. The molecule has 0 unspecified atom stereocenters. The zero-order valence-corrected chi connectivity index (χ0v) is 11.4. The van der Waals surface area contributed by atoms with E-state index in [1.54, 1.807) is 11.2 Å². The van der Waals surface area contributed by atoms with Crippen LogP contribution in [0.2, 0.25) is 0 Å². The minimum Gasteiger partial charge on any atom is -0.467 e. The number of rotatable bonds is 3. The van der Waals surface area contributed by atoms with Gasteiger partial charge in [0.1, 0.15) is 5.76 Å². The highest BCUT2D eigenvalue weighted by molar-refractivity contribution is 5.73. The molecule has 0 spiro atoms. The molecule has 3 rings (SSSR count). The number of hydrogen-bond acceptors (Lipinski definition) is 4. The van der Waals surface area contributed by atoms with E-state index in [9.17, 15) is 4.79 Å². The molecule has 1 aromatic rings. The van der Waals surface area contributed by atoms with Crippen LogP contribution >= 0.6 is 0 Å². The Kier molecular flexibility index (Phi) is 4.22. The first kappa shape index (κ1) is 13.5. The van der Waals surface area contributed by atoms with Crippen molar-refractivity contribution >= 4 is 6.03 Å². The van der Waals surface area contributed by atoms with Gasteiger partial charge in [-0.1, -0.05) is 0 Å². The first-order valence-electron chi connectivity index (χ1n) is 7.22. The van der Waals surface area contributed by atoms with E-state index >= 15 is 0 Å². The number of ether oxygens (including phenoxy) is 1. The van der Waals surface area contributed by atoms with E-state index in [2.05, 4.69) is 5.48 Å². The lowest BCUT2D eigenvalue weighted by Gasteiger charge is -2.26. The van der Waals surface area contributed by atoms with Crippen LogP contribution in [0.1, 0.15) is 43.9 Å². The van der Waals surface area contributed by atoms with E-state index in [1.165, 1.54) is 0 Å². The fourth-order valence-electron chi connectivity index (χ4n) is 2.77. The smallest absolute Gasteiger partial charge is 0.342 e. The summed E-state index contributed by atoms with van der Waals surface area (Å²) in [5, 5.41) is 0. The number of nitrogens with zero attached hydrogens (tertiary/aromatic N) is 1. The van der Waals surface area contributed by atoms with Crippen LogP contribution in [0.3, 0.4) is 0 Å². The molecule has 6 heteroatoms. The highest BCUT2D eigenvalue weighted by atomic mass is 16.8. The van der Waals surface area contributed by atoms with E-state index in [0.717, 1.165) is 37.9 Å². The van der Waals surface area contributed by atoms with Gasteiger partial charge in [-0.3, -0.25) is 0 Å². The summed E-state index contributed by atoms with van der Waals surface area (Å²) in [6.07, 6.45) is 6.15. The lowest BCUT2D eigenvalue weighted by atomic mass is 10.2.